The maximum atomic E-state index is 12.6. The predicted octanol–water partition coefficient (Wildman–Crippen LogP) is 7.22. The number of fused-ring (bicyclic) bond motifs is 2. The minimum atomic E-state index is -0.375. The monoisotopic (exact) mass is 549 g/mol. The van der Waals surface area contributed by atoms with Gasteiger partial charge in [0.05, 0.1) is 0 Å². The third kappa shape index (κ3) is 8.02. The van der Waals surface area contributed by atoms with Crippen LogP contribution >= 0.6 is 0 Å². The molecule has 40 heavy (non-hydrogen) atoms. The fourth-order valence-corrected chi connectivity index (χ4v) is 6.56. The number of carbonyl (C=O) groups excluding carboxylic acids is 2. The molecule has 0 aromatic heterocycles. The lowest BCUT2D eigenvalue weighted by Crippen LogP contribution is -2.32. The molecule has 2 aromatic rings. The molecule has 0 bridgehead atoms. The standard InChI is InChI=1S/C34H47NO5/c1-5-6-8-12-24(2)17-18-28-29-19-26-15-11-16-31(38-23-33(36)39-22-25-13-9-7-10-14-25)30(26)20-27(29)21-32(28)40-34(37)35(3)4/h7,9-11,13-16,24,27-29,32H,5-6,8,12,17-23H2,1-4H3/t24-,27-,28+,29-,32+/m0/s1. The zero-order valence-electron chi connectivity index (χ0n) is 24.8. The van der Waals surface area contributed by atoms with E-state index in [1.807, 2.05) is 42.5 Å². The molecule has 218 valence electrons. The van der Waals surface area contributed by atoms with Crippen LogP contribution in [0.3, 0.4) is 0 Å². The Balaban J connectivity index is 1.40. The summed E-state index contributed by atoms with van der Waals surface area (Å²) in [5.41, 5.74) is 3.43. The Bertz CT molecular complexity index is 1100. The molecule has 1 saturated carbocycles. The topological polar surface area (TPSA) is 65.1 Å². The van der Waals surface area contributed by atoms with Crippen molar-refractivity contribution in [3.63, 3.8) is 0 Å². The summed E-state index contributed by atoms with van der Waals surface area (Å²) in [6.45, 7) is 4.75. The molecule has 5 atom stereocenters. The van der Waals surface area contributed by atoms with E-state index in [0.717, 1.165) is 37.0 Å². The number of nitrogens with zero attached hydrogens (tertiary/aromatic N) is 1. The van der Waals surface area contributed by atoms with Crippen molar-refractivity contribution in [3.8, 4) is 5.75 Å². The molecule has 1 amide bonds. The maximum absolute atomic E-state index is 12.6. The quantitative estimate of drug-likeness (QED) is 0.195. The van der Waals surface area contributed by atoms with Gasteiger partial charge in [0.25, 0.3) is 0 Å². The summed E-state index contributed by atoms with van der Waals surface area (Å²) in [6.07, 6.45) is 9.81. The third-order valence-corrected chi connectivity index (χ3v) is 8.82. The summed E-state index contributed by atoms with van der Waals surface area (Å²) in [5, 5.41) is 0. The lowest BCUT2D eigenvalue weighted by Gasteiger charge is -2.33. The molecule has 0 aliphatic heterocycles. The van der Waals surface area contributed by atoms with Crippen LogP contribution in [0.1, 0.15) is 75.5 Å². The number of ether oxygens (including phenoxy) is 3. The van der Waals surface area contributed by atoms with Gasteiger partial charge in [-0.05, 0) is 72.1 Å². The molecule has 2 aromatic carbocycles. The smallest absolute Gasteiger partial charge is 0.409 e. The second-order valence-corrected chi connectivity index (χ2v) is 12.1. The van der Waals surface area contributed by atoms with Crippen LogP contribution in [0.15, 0.2) is 48.5 Å². The number of rotatable bonds is 13. The second kappa shape index (κ2) is 14.6. The first kappa shape index (κ1) is 30.0. The fraction of sp³-hybridized carbons (Fsp3) is 0.588. The van der Waals surface area contributed by atoms with Crippen LogP contribution in [0, 0.1) is 23.7 Å². The Morgan fingerprint density at radius 2 is 1.80 bits per heavy atom. The summed E-state index contributed by atoms with van der Waals surface area (Å²) in [5.74, 6) is 2.37. The van der Waals surface area contributed by atoms with Crippen LogP contribution in [0.2, 0.25) is 0 Å². The second-order valence-electron chi connectivity index (χ2n) is 12.1. The lowest BCUT2D eigenvalue weighted by atomic mass is 9.73. The molecule has 0 unspecified atom stereocenters. The molecule has 4 rings (SSSR count). The summed E-state index contributed by atoms with van der Waals surface area (Å²) in [6, 6.07) is 15.8. The zero-order valence-corrected chi connectivity index (χ0v) is 24.8. The number of hydrogen-bond acceptors (Lipinski definition) is 5. The van der Waals surface area contributed by atoms with Gasteiger partial charge >= 0.3 is 12.1 Å². The maximum Gasteiger partial charge on any atom is 0.409 e. The molecule has 0 spiro atoms. The minimum absolute atomic E-state index is 0.0561. The number of amides is 1. The van der Waals surface area contributed by atoms with Gasteiger partial charge in [-0.15, -0.1) is 0 Å². The SMILES string of the molecule is CCCCC[C@H](C)CC[C@@H]1[C@H]2Cc3cccc(OCC(=O)OCc4ccccc4)c3C[C@H]2C[C@H]1OC(=O)N(C)C. The van der Waals surface area contributed by atoms with Crippen LogP contribution < -0.4 is 4.74 Å². The molecule has 2 aliphatic rings. The van der Waals surface area contributed by atoms with Crippen molar-refractivity contribution in [2.24, 2.45) is 23.7 Å². The summed E-state index contributed by atoms with van der Waals surface area (Å²) < 4.78 is 17.5. The molecule has 2 aliphatic carbocycles. The first-order valence-electron chi connectivity index (χ1n) is 15.2. The highest BCUT2D eigenvalue weighted by molar-refractivity contribution is 5.71. The molecule has 0 heterocycles. The van der Waals surface area contributed by atoms with Gasteiger partial charge in [-0.1, -0.05) is 88.4 Å². The highest BCUT2D eigenvalue weighted by atomic mass is 16.6. The number of unbranched alkanes of at least 4 members (excludes halogenated alkanes) is 2. The van der Waals surface area contributed by atoms with Gasteiger partial charge in [-0.25, -0.2) is 9.59 Å². The van der Waals surface area contributed by atoms with E-state index in [2.05, 4.69) is 19.9 Å². The Morgan fingerprint density at radius 1 is 1.00 bits per heavy atom. The van der Waals surface area contributed by atoms with Gasteiger partial charge < -0.3 is 19.1 Å². The van der Waals surface area contributed by atoms with Gasteiger partial charge in [0.2, 0.25) is 0 Å². The normalized spacial score (nSPS) is 22.1. The largest absolute Gasteiger partial charge is 0.482 e. The molecule has 0 N–H and O–H groups in total. The number of carbonyl (C=O) groups is 2. The van der Waals surface area contributed by atoms with Crippen molar-refractivity contribution in [2.45, 2.75) is 84.3 Å². The van der Waals surface area contributed by atoms with Gasteiger partial charge in [0.1, 0.15) is 18.5 Å². The Morgan fingerprint density at radius 3 is 2.55 bits per heavy atom. The van der Waals surface area contributed by atoms with Crippen LogP contribution in [0.5, 0.6) is 5.75 Å². The van der Waals surface area contributed by atoms with Crippen molar-refractivity contribution >= 4 is 12.1 Å². The van der Waals surface area contributed by atoms with E-state index in [4.69, 9.17) is 14.2 Å². The Hall–Kier alpha value is -3.02. The molecule has 0 radical (unpaired) electrons. The average Bonchev–Trinajstić information content (AvgIpc) is 3.28. The van der Waals surface area contributed by atoms with Crippen molar-refractivity contribution in [1.29, 1.82) is 0 Å². The molecular formula is C34H47NO5. The van der Waals surface area contributed by atoms with E-state index in [9.17, 15) is 9.59 Å². The Kier molecular flexibility index (Phi) is 10.9. The number of benzene rings is 2. The van der Waals surface area contributed by atoms with Gasteiger partial charge in [-0.2, -0.15) is 0 Å². The highest BCUT2D eigenvalue weighted by Gasteiger charge is 2.47. The molecule has 1 fully saturated rings. The predicted molar refractivity (Wildman–Crippen MR) is 157 cm³/mol. The van der Waals surface area contributed by atoms with E-state index in [1.54, 1.807) is 14.1 Å². The Labute approximate surface area is 240 Å². The number of esters is 1. The van der Waals surface area contributed by atoms with Gasteiger partial charge in [0, 0.05) is 14.1 Å². The zero-order chi connectivity index (χ0) is 28.5. The van der Waals surface area contributed by atoms with E-state index < -0.39 is 0 Å². The van der Waals surface area contributed by atoms with Crippen molar-refractivity contribution in [3.05, 3.63) is 65.2 Å². The summed E-state index contributed by atoms with van der Waals surface area (Å²) in [7, 11) is 3.50. The molecule has 0 saturated heterocycles. The molecule has 6 nitrogen and oxygen atoms in total. The summed E-state index contributed by atoms with van der Waals surface area (Å²) in [4.78, 5) is 26.5. The molecule has 6 heteroatoms. The third-order valence-electron chi connectivity index (χ3n) is 8.82. The van der Waals surface area contributed by atoms with Crippen molar-refractivity contribution in [1.82, 2.24) is 4.90 Å². The van der Waals surface area contributed by atoms with Crippen LogP contribution in [-0.2, 0) is 33.7 Å². The highest BCUT2D eigenvalue weighted by Crippen LogP contribution is 2.49. The summed E-state index contributed by atoms with van der Waals surface area (Å²) >= 11 is 0. The van der Waals surface area contributed by atoms with Crippen molar-refractivity contribution in [2.75, 3.05) is 20.7 Å². The van der Waals surface area contributed by atoms with Gasteiger partial charge in [0.15, 0.2) is 6.61 Å². The van der Waals surface area contributed by atoms with Crippen LogP contribution in [-0.4, -0.2) is 43.8 Å². The van der Waals surface area contributed by atoms with E-state index in [-0.39, 0.29) is 31.4 Å². The van der Waals surface area contributed by atoms with Crippen molar-refractivity contribution < 1.29 is 23.8 Å². The van der Waals surface area contributed by atoms with E-state index in [0.29, 0.717) is 23.7 Å². The van der Waals surface area contributed by atoms with E-state index >= 15 is 0 Å². The minimum Gasteiger partial charge on any atom is -0.482 e. The average molecular weight is 550 g/mol. The fourth-order valence-electron chi connectivity index (χ4n) is 6.56. The first-order valence-corrected chi connectivity index (χ1v) is 15.2. The van der Waals surface area contributed by atoms with E-state index in [1.165, 1.54) is 48.1 Å². The number of hydrogen-bond donors (Lipinski definition) is 0. The first-order chi connectivity index (χ1) is 19.4. The molecular weight excluding hydrogens is 502 g/mol. The van der Waals surface area contributed by atoms with Crippen LogP contribution in [0.25, 0.3) is 0 Å². The van der Waals surface area contributed by atoms with Gasteiger partial charge in [-0.3, -0.25) is 0 Å². The lowest BCUT2D eigenvalue weighted by molar-refractivity contribution is -0.147. The van der Waals surface area contributed by atoms with Crippen LogP contribution in [0.4, 0.5) is 4.79 Å².